The van der Waals surface area contributed by atoms with Gasteiger partial charge in [0.2, 0.25) is 17.2 Å². The smallest absolute Gasteiger partial charge is 0.233 e. The molecule has 1 heterocycles. The summed E-state index contributed by atoms with van der Waals surface area (Å²) in [6, 6.07) is 7.94. The quantitative estimate of drug-likeness (QED) is 0.888. The summed E-state index contributed by atoms with van der Waals surface area (Å²) in [5.41, 5.74) is 2.10. The summed E-state index contributed by atoms with van der Waals surface area (Å²) in [6.07, 6.45) is 0. The first-order valence-electron chi connectivity index (χ1n) is 5.66. The molecule has 1 aromatic carbocycles. The highest BCUT2D eigenvalue weighted by molar-refractivity contribution is 6.28. The average Bonchev–Trinajstić information content (AvgIpc) is 2.32. The Morgan fingerprint density at radius 3 is 2.39 bits per heavy atom. The molecule has 0 radical (unpaired) electrons. The van der Waals surface area contributed by atoms with E-state index in [0.717, 1.165) is 12.2 Å². The van der Waals surface area contributed by atoms with Gasteiger partial charge < -0.3 is 10.6 Å². The summed E-state index contributed by atoms with van der Waals surface area (Å²) in [4.78, 5) is 12.2. The number of benzene rings is 1. The molecule has 0 bridgehead atoms. The van der Waals surface area contributed by atoms with Crippen molar-refractivity contribution < 1.29 is 0 Å². The van der Waals surface area contributed by atoms with E-state index in [0.29, 0.717) is 11.9 Å². The van der Waals surface area contributed by atoms with Crippen LogP contribution < -0.4 is 10.6 Å². The minimum atomic E-state index is 0.163. The predicted octanol–water partition coefficient (Wildman–Crippen LogP) is 3.01. The molecule has 2 rings (SSSR count). The molecule has 0 aliphatic heterocycles. The van der Waals surface area contributed by atoms with Gasteiger partial charge in [-0.2, -0.15) is 15.0 Å². The van der Waals surface area contributed by atoms with E-state index in [4.69, 9.17) is 11.6 Å². The predicted molar refractivity (Wildman–Crippen MR) is 73.5 cm³/mol. The molecule has 2 aromatic rings. The van der Waals surface area contributed by atoms with Crippen molar-refractivity contribution in [1.82, 2.24) is 15.0 Å². The van der Waals surface area contributed by atoms with Crippen LogP contribution in [0, 0.1) is 6.92 Å². The fourth-order valence-corrected chi connectivity index (χ4v) is 1.57. The van der Waals surface area contributed by atoms with E-state index in [1.54, 1.807) is 0 Å². The maximum atomic E-state index is 5.83. The molecule has 1 aromatic heterocycles. The normalized spacial score (nSPS) is 10.2. The average molecular weight is 264 g/mol. The lowest BCUT2D eigenvalue weighted by Crippen LogP contribution is -2.06. The zero-order valence-electron chi connectivity index (χ0n) is 10.2. The van der Waals surface area contributed by atoms with Crippen molar-refractivity contribution in [2.24, 2.45) is 0 Å². The number of aromatic nitrogens is 3. The number of nitrogens with one attached hydrogen (secondary N) is 2. The summed E-state index contributed by atoms with van der Waals surface area (Å²) in [5.74, 6) is 0.891. The van der Waals surface area contributed by atoms with Crippen molar-refractivity contribution in [3.05, 3.63) is 35.1 Å². The highest BCUT2D eigenvalue weighted by Crippen LogP contribution is 2.16. The second-order valence-corrected chi connectivity index (χ2v) is 4.11. The summed E-state index contributed by atoms with van der Waals surface area (Å²) < 4.78 is 0. The Hall–Kier alpha value is -1.88. The molecule has 0 aliphatic rings. The van der Waals surface area contributed by atoms with Crippen LogP contribution in [0.15, 0.2) is 24.3 Å². The van der Waals surface area contributed by atoms with Gasteiger partial charge in [-0.3, -0.25) is 0 Å². The highest BCUT2D eigenvalue weighted by atomic mass is 35.5. The van der Waals surface area contributed by atoms with Crippen molar-refractivity contribution in [2.45, 2.75) is 13.8 Å². The van der Waals surface area contributed by atoms with Crippen molar-refractivity contribution in [1.29, 1.82) is 0 Å². The molecule has 0 spiro atoms. The SMILES string of the molecule is CCNc1nc(Cl)nc(Nc2ccc(C)cc2)n1. The van der Waals surface area contributed by atoms with Crippen molar-refractivity contribution in [3.8, 4) is 0 Å². The molecule has 0 amide bonds. The number of hydrogen-bond acceptors (Lipinski definition) is 5. The standard InChI is InChI=1S/C12H14ClN5/c1-3-14-11-16-10(13)17-12(18-11)15-9-6-4-8(2)5-7-9/h4-7H,3H2,1-2H3,(H2,14,15,16,17,18). The van der Waals surface area contributed by atoms with E-state index in [1.807, 2.05) is 38.1 Å². The molecule has 94 valence electrons. The van der Waals surface area contributed by atoms with Gasteiger partial charge in [-0.15, -0.1) is 0 Å². The first-order chi connectivity index (χ1) is 8.67. The molecule has 0 saturated heterocycles. The number of nitrogens with zero attached hydrogens (tertiary/aromatic N) is 3. The first-order valence-corrected chi connectivity index (χ1v) is 6.04. The molecule has 0 atom stereocenters. The van der Waals surface area contributed by atoms with Crippen LogP contribution in [0.2, 0.25) is 5.28 Å². The van der Waals surface area contributed by atoms with Gasteiger partial charge in [-0.1, -0.05) is 17.7 Å². The van der Waals surface area contributed by atoms with Gasteiger partial charge in [0.15, 0.2) is 0 Å². The van der Waals surface area contributed by atoms with E-state index in [-0.39, 0.29) is 5.28 Å². The highest BCUT2D eigenvalue weighted by Gasteiger charge is 2.04. The van der Waals surface area contributed by atoms with Gasteiger partial charge in [-0.25, -0.2) is 0 Å². The maximum absolute atomic E-state index is 5.83. The van der Waals surface area contributed by atoms with Crippen LogP contribution in [0.1, 0.15) is 12.5 Å². The summed E-state index contributed by atoms with van der Waals surface area (Å²) in [5, 5.41) is 6.24. The second kappa shape index (κ2) is 5.64. The molecule has 2 N–H and O–H groups in total. The van der Waals surface area contributed by atoms with Crippen molar-refractivity contribution >= 4 is 29.2 Å². The molecule has 0 aliphatic carbocycles. The van der Waals surface area contributed by atoms with Gasteiger partial charge in [0.1, 0.15) is 0 Å². The number of anilines is 3. The number of aryl methyl sites for hydroxylation is 1. The summed E-state index contributed by atoms with van der Waals surface area (Å²) in [6.45, 7) is 4.72. The Bertz CT molecular complexity index is 526. The monoisotopic (exact) mass is 263 g/mol. The molecular weight excluding hydrogens is 250 g/mol. The van der Waals surface area contributed by atoms with E-state index >= 15 is 0 Å². The Morgan fingerprint density at radius 2 is 1.72 bits per heavy atom. The summed E-state index contributed by atoms with van der Waals surface area (Å²) >= 11 is 5.83. The fraction of sp³-hybridized carbons (Fsp3) is 0.250. The number of halogens is 1. The van der Waals surface area contributed by atoms with Crippen LogP contribution in [0.3, 0.4) is 0 Å². The second-order valence-electron chi connectivity index (χ2n) is 3.77. The van der Waals surface area contributed by atoms with Crippen molar-refractivity contribution in [2.75, 3.05) is 17.2 Å². The zero-order chi connectivity index (χ0) is 13.0. The van der Waals surface area contributed by atoms with Gasteiger partial charge in [0, 0.05) is 12.2 Å². The van der Waals surface area contributed by atoms with E-state index in [9.17, 15) is 0 Å². The van der Waals surface area contributed by atoms with Gasteiger partial charge in [-0.05, 0) is 37.6 Å². The Morgan fingerprint density at radius 1 is 1.06 bits per heavy atom. The van der Waals surface area contributed by atoms with E-state index in [2.05, 4.69) is 25.6 Å². The van der Waals surface area contributed by atoms with Crippen LogP contribution in [0.4, 0.5) is 17.6 Å². The largest absolute Gasteiger partial charge is 0.354 e. The van der Waals surface area contributed by atoms with Gasteiger partial charge in [0.05, 0.1) is 0 Å². The minimum Gasteiger partial charge on any atom is -0.354 e. The van der Waals surface area contributed by atoms with E-state index < -0.39 is 0 Å². The van der Waals surface area contributed by atoms with Gasteiger partial charge >= 0.3 is 0 Å². The molecule has 0 fully saturated rings. The minimum absolute atomic E-state index is 0.163. The Labute approximate surface area is 111 Å². The van der Waals surface area contributed by atoms with Crippen LogP contribution >= 0.6 is 11.6 Å². The third kappa shape index (κ3) is 3.30. The van der Waals surface area contributed by atoms with Crippen molar-refractivity contribution in [3.63, 3.8) is 0 Å². The lowest BCUT2D eigenvalue weighted by molar-refractivity contribution is 1.02. The van der Waals surface area contributed by atoms with Gasteiger partial charge in [0.25, 0.3) is 0 Å². The molecule has 0 unspecified atom stereocenters. The Kier molecular flexibility index (Phi) is 3.94. The lowest BCUT2D eigenvalue weighted by atomic mass is 10.2. The van der Waals surface area contributed by atoms with Crippen LogP contribution in [-0.4, -0.2) is 21.5 Å². The number of rotatable bonds is 4. The van der Waals surface area contributed by atoms with E-state index in [1.165, 1.54) is 5.56 Å². The van der Waals surface area contributed by atoms with Crippen LogP contribution in [0.5, 0.6) is 0 Å². The summed E-state index contributed by atoms with van der Waals surface area (Å²) in [7, 11) is 0. The maximum Gasteiger partial charge on any atom is 0.233 e. The third-order valence-corrected chi connectivity index (χ3v) is 2.42. The molecule has 5 nitrogen and oxygen atoms in total. The Balaban J connectivity index is 2.20. The topological polar surface area (TPSA) is 62.7 Å². The first kappa shape index (κ1) is 12.6. The molecule has 6 heteroatoms. The third-order valence-electron chi connectivity index (χ3n) is 2.25. The number of hydrogen-bond donors (Lipinski definition) is 2. The molecular formula is C12H14ClN5. The van der Waals surface area contributed by atoms with Crippen LogP contribution in [0.25, 0.3) is 0 Å². The zero-order valence-corrected chi connectivity index (χ0v) is 11.0. The molecule has 18 heavy (non-hydrogen) atoms. The van der Waals surface area contributed by atoms with Crippen LogP contribution in [-0.2, 0) is 0 Å². The lowest BCUT2D eigenvalue weighted by Gasteiger charge is -2.07. The molecule has 0 saturated carbocycles. The fourth-order valence-electron chi connectivity index (χ4n) is 1.41.